The summed E-state index contributed by atoms with van der Waals surface area (Å²) in [4.78, 5) is 18.6. The Morgan fingerprint density at radius 3 is 2.54 bits per heavy atom. The Labute approximate surface area is 186 Å². The summed E-state index contributed by atoms with van der Waals surface area (Å²) in [5.41, 5.74) is 2.11. The van der Waals surface area contributed by atoms with Gasteiger partial charge in [0.2, 0.25) is 0 Å². The van der Waals surface area contributed by atoms with Crippen LogP contribution in [-0.4, -0.2) is 55.3 Å². The lowest BCUT2D eigenvalue weighted by molar-refractivity contribution is 0.0507. The summed E-state index contributed by atoms with van der Waals surface area (Å²) in [6.07, 6.45) is 0.526. The van der Waals surface area contributed by atoms with Crippen LogP contribution in [0.4, 0.5) is 4.79 Å². The van der Waals surface area contributed by atoms with Crippen molar-refractivity contribution >= 4 is 36.0 Å². The minimum atomic E-state index is -0.480. The van der Waals surface area contributed by atoms with Crippen molar-refractivity contribution in [1.82, 2.24) is 15.5 Å². The number of aliphatic imine (C=N–C) groups is 1. The van der Waals surface area contributed by atoms with E-state index in [9.17, 15) is 4.79 Å². The topological polar surface area (TPSA) is 66.0 Å². The Morgan fingerprint density at radius 2 is 1.96 bits per heavy atom. The van der Waals surface area contributed by atoms with Gasteiger partial charge in [-0.15, -0.1) is 24.0 Å². The minimum Gasteiger partial charge on any atom is -0.444 e. The first-order chi connectivity index (χ1) is 12.7. The zero-order valence-corrected chi connectivity index (χ0v) is 20.2. The maximum atomic E-state index is 12.0. The summed E-state index contributed by atoms with van der Waals surface area (Å²) in [6, 6.07) is 8.73. The fraction of sp³-hybridized carbons (Fsp3) is 0.619. The van der Waals surface area contributed by atoms with Gasteiger partial charge in [0, 0.05) is 26.7 Å². The van der Waals surface area contributed by atoms with E-state index in [4.69, 9.17) is 4.74 Å². The van der Waals surface area contributed by atoms with Gasteiger partial charge in [0.05, 0.1) is 6.04 Å². The fourth-order valence-electron chi connectivity index (χ4n) is 3.13. The van der Waals surface area contributed by atoms with Crippen LogP contribution in [0.3, 0.4) is 0 Å². The van der Waals surface area contributed by atoms with Crippen LogP contribution in [0, 0.1) is 6.92 Å². The average Bonchev–Trinajstić information content (AvgIpc) is 3.02. The van der Waals surface area contributed by atoms with Gasteiger partial charge in [0.25, 0.3) is 0 Å². The summed E-state index contributed by atoms with van der Waals surface area (Å²) in [5, 5.41) is 6.42. The molecule has 6 nitrogen and oxygen atoms in total. The normalized spacial score (nSPS) is 18.3. The number of aryl methyl sites for hydroxylation is 1. The molecule has 1 saturated heterocycles. The third kappa shape index (κ3) is 7.85. The summed E-state index contributed by atoms with van der Waals surface area (Å²) in [7, 11) is 1.80. The van der Waals surface area contributed by atoms with Crippen molar-refractivity contribution in [3.63, 3.8) is 0 Å². The molecular formula is C21H35IN4O2. The monoisotopic (exact) mass is 502 g/mol. The molecule has 0 radical (unpaired) electrons. The highest BCUT2D eigenvalue weighted by atomic mass is 127. The number of hydrogen-bond acceptors (Lipinski definition) is 3. The van der Waals surface area contributed by atoms with Crippen molar-refractivity contribution in [3.05, 3.63) is 35.4 Å². The van der Waals surface area contributed by atoms with Gasteiger partial charge in [-0.3, -0.25) is 4.99 Å². The van der Waals surface area contributed by atoms with E-state index in [1.165, 1.54) is 11.1 Å². The quantitative estimate of drug-likeness (QED) is 0.373. The van der Waals surface area contributed by atoms with Crippen LogP contribution in [0.1, 0.15) is 51.2 Å². The first-order valence-electron chi connectivity index (χ1n) is 9.69. The molecule has 1 aromatic rings. The number of rotatable bonds is 4. The molecule has 0 saturated carbocycles. The lowest BCUT2D eigenvalue weighted by Crippen LogP contribution is -2.44. The number of halogens is 1. The standard InChI is InChI=1S/C21H34N4O2.HI/c1-15-7-9-17(10-8-15)16(2)13-23-19(22-6)25-12-11-18(14-25)24-20(26)27-21(3,4)5;/h7-10,16,18H,11-14H2,1-6H3,(H,22,23)(H,24,26);1H. The second-order valence-corrected chi connectivity index (χ2v) is 8.32. The third-order valence-electron chi connectivity index (χ3n) is 4.63. The molecule has 1 fully saturated rings. The molecule has 28 heavy (non-hydrogen) atoms. The van der Waals surface area contributed by atoms with Crippen molar-refractivity contribution in [2.24, 2.45) is 4.99 Å². The predicted octanol–water partition coefficient (Wildman–Crippen LogP) is 3.89. The van der Waals surface area contributed by atoms with Crippen LogP contribution in [0.25, 0.3) is 0 Å². The molecule has 1 aliphatic rings. The van der Waals surface area contributed by atoms with Crippen LogP contribution in [0.15, 0.2) is 29.3 Å². The van der Waals surface area contributed by atoms with Gasteiger partial charge in [-0.1, -0.05) is 36.8 Å². The number of nitrogens with zero attached hydrogens (tertiary/aromatic N) is 2. The number of nitrogens with one attached hydrogen (secondary N) is 2. The average molecular weight is 502 g/mol. The molecule has 1 aliphatic heterocycles. The fourth-order valence-corrected chi connectivity index (χ4v) is 3.13. The highest BCUT2D eigenvalue weighted by Crippen LogP contribution is 2.16. The SMILES string of the molecule is CN=C(NCC(C)c1ccc(C)cc1)N1CCC(NC(=O)OC(C)(C)C)C1.I. The zero-order valence-electron chi connectivity index (χ0n) is 17.9. The van der Waals surface area contributed by atoms with Crippen molar-refractivity contribution in [3.8, 4) is 0 Å². The lowest BCUT2D eigenvalue weighted by Gasteiger charge is -2.24. The van der Waals surface area contributed by atoms with E-state index in [0.717, 1.165) is 32.0 Å². The molecule has 0 aliphatic carbocycles. The Balaban J connectivity index is 0.00000392. The Bertz CT molecular complexity index is 655. The first kappa shape index (κ1) is 24.5. The maximum absolute atomic E-state index is 12.0. The minimum absolute atomic E-state index is 0. The van der Waals surface area contributed by atoms with Gasteiger partial charge >= 0.3 is 6.09 Å². The van der Waals surface area contributed by atoms with Crippen LogP contribution < -0.4 is 10.6 Å². The van der Waals surface area contributed by atoms with Crippen LogP contribution in [0.5, 0.6) is 0 Å². The molecule has 158 valence electrons. The van der Waals surface area contributed by atoms with Gasteiger partial charge in [0.15, 0.2) is 5.96 Å². The number of ether oxygens (including phenoxy) is 1. The molecule has 1 aromatic carbocycles. The number of hydrogen-bond donors (Lipinski definition) is 2. The predicted molar refractivity (Wildman–Crippen MR) is 126 cm³/mol. The van der Waals surface area contributed by atoms with Crippen molar-refractivity contribution in [1.29, 1.82) is 0 Å². The van der Waals surface area contributed by atoms with E-state index in [1.54, 1.807) is 7.05 Å². The Kier molecular flexibility index (Phi) is 9.53. The Morgan fingerprint density at radius 1 is 1.32 bits per heavy atom. The molecule has 2 unspecified atom stereocenters. The molecule has 0 aromatic heterocycles. The van der Waals surface area contributed by atoms with Gasteiger partial charge in [-0.05, 0) is 45.6 Å². The number of amides is 1. The van der Waals surface area contributed by atoms with Crippen LogP contribution >= 0.6 is 24.0 Å². The number of guanidine groups is 1. The van der Waals surface area contributed by atoms with Crippen molar-refractivity contribution in [2.45, 2.75) is 58.6 Å². The molecule has 1 heterocycles. The number of alkyl carbamates (subject to hydrolysis) is 1. The molecule has 1 amide bonds. The molecule has 7 heteroatoms. The van der Waals surface area contributed by atoms with E-state index in [2.05, 4.69) is 58.6 Å². The van der Waals surface area contributed by atoms with Crippen LogP contribution in [0.2, 0.25) is 0 Å². The maximum Gasteiger partial charge on any atom is 0.407 e. The van der Waals surface area contributed by atoms with E-state index < -0.39 is 5.60 Å². The molecule has 0 bridgehead atoms. The molecule has 2 rings (SSSR count). The summed E-state index contributed by atoms with van der Waals surface area (Å²) >= 11 is 0. The first-order valence-corrected chi connectivity index (χ1v) is 9.69. The molecule has 2 atom stereocenters. The van der Waals surface area contributed by atoms with E-state index in [-0.39, 0.29) is 36.1 Å². The molecule has 0 spiro atoms. The smallest absolute Gasteiger partial charge is 0.407 e. The largest absolute Gasteiger partial charge is 0.444 e. The van der Waals surface area contributed by atoms with E-state index in [0.29, 0.717) is 5.92 Å². The number of carbonyl (C=O) groups is 1. The van der Waals surface area contributed by atoms with Crippen molar-refractivity contribution < 1.29 is 9.53 Å². The number of benzene rings is 1. The van der Waals surface area contributed by atoms with Crippen molar-refractivity contribution in [2.75, 3.05) is 26.7 Å². The van der Waals surface area contributed by atoms with Gasteiger partial charge in [0.1, 0.15) is 5.60 Å². The van der Waals surface area contributed by atoms with E-state index in [1.807, 2.05) is 20.8 Å². The summed E-state index contributed by atoms with van der Waals surface area (Å²) in [5.74, 6) is 1.27. The third-order valence-corrected chi connectivity index (χ3v) is 4.63. The van der Waals surface area contributed by atoms with Crippen LogP contribution in [-0.2, 0) is 4.74 Å². The second kappa shape index (κ2) is 10.9. The second-order valence-electron chi connectivity index (χ2n) is 8.32. The number of carbonyl (C=O) groups excluding carboxylic acids is 1. The summed E-state index contributed by atoms with van der Waals surface area (Å²) < 4.78 is 5.34. The molecule has 2 N–H and O–H groups in total. The summed E-state index contributed by atoms with van der Waals surface area (Å²) in [6.45, 7) is 12.3. The van der Waals surface area contributed by atoms with E-state index >= 15 is 0 Å². The zero-order chi connectivity index (χ0) is 20.0. The number of likely N-dealkylation sites (tertiary alicyclic amines) is 1. The lowest BCUT2D eigenvalue weighted by atomic mass is 10.0. The van der Waals surface area contributed by atoms with Gasteiger partial charge in [-0.2, -0.15) is 0 Å². The highest BCUT2D eigenvalue weighted by Gasteiger charge is 2.28. The van der Waals surface area contributed by atoms with Gasteiger partial charge < -0.3 is 20.3 Å². The van der Waals surface area contributed by atoms with Gasteiger partial charge in [-0.25, -0.2) is 4.79 Å². The Hall–Kier alpha value is -1.51. The highest BCUT2D eigenvalue weighted by molar-refractivity contribution is 14.0. The molecular weight excluding hydrogens is 467 g/mol.